The Labute approximate surface area is 202 Å². The van der Waals surface area contributed by atoms with Crippen LogP contribution in [0.15, 0.2) is 28.1 Å². The average Bonchev–Trinajstić information content (AvgIpc) is 3.55. The minimum absolute atomic E-state index is 0.00436. The van der Waals surface area contributed by atoms with Crippen LogP contribution in [-0.4, -0.2) is 99.6 Å². The summed E-state index contributed by atoms with van der Waals surface area (Å²) in [5.41, 5.74) is 1.48. The molecule has 1 atom stereocenters. The summed E-state index contributed by atoms with van der Waals surface area (Å²) in [5, 5.41) is 0. The molecule has 34 heavy (non-hydrogen) atoms. The number of hydrogen-bond acceptors (Lipinski definition) is 7. The zero-order chi connectivity index (χ0) is 23.5. The predicted octanol–water partition coefficient (Wildman–Crippen LogP) is 2.06. The zero-order valence-electron chi connectivity index (χ0n) is 20.1. The van der Waals surface area contributed by atoms with E-state index < -0.39 is 10.0 Å². The van der Waals surface area contributed by atoms with Crippen molar-refractivity contribution in [1.82, 2.24) is 14.1 Å². The summed E-state index contributed by atoms with van der Waals surface area (Å²) < 4.78 is 29.1. The molecule has 6 rings (SSSR count). The van der Waals surface area contributed by atoms with Gasteiger partial charge in [-0.1, -0.05) is 12.8 Å². The van der Waals surface area contributed by atoms with Gasteiger partial charge in [-0.2, -0.15) is 4.31 Å². The third-order valence-electron chi connectivity index (χ3n) is 8.68. The topological polar surface area (TPSA) is 76.5 Å². The largest absolute Gasteiger partial charge is 0.322 e. The molecule has 9 heteroatoms. The number of carbonyl (C=O) groups excluding carboxylic acids is 1. The molecule has 8 nitrogen and oxygen atoms in total. The van der Waals surface area contributed by atoms with Crippen molar-refractivity contribution < 1.29 is 13.2 Å². The van der Waals surface area contributed by atoms with Gasteiger partial charge in [0, 0.05) is 63.8 Å². The molecule has 0 aromatic heterocycles. The number of aliphatic imine (C=N–C) groups is 1. The number of nitrogens with zero attached hydrogens (tertiary/aromatic N) is 5. The number of carbonyl (C=O) groups is 1. The number of ketones is 1. The van der Waals surface area contributed by atoms with Crippen molar-refractivity contribution in [3.8, 4) is 0 Å². The van der Waals surface area contributed by atoms with E-state index in [-0.39, 0.29) is 22.1 Å². The molecule has 1 aromatic rings. The Kier molecular flexibility index (Phi) is 5.59. The summed E-state index contributed by atoms with van der Waals surface area (Å²) in [4.78, 5) is 24.9. The highest BCUT2D eigenvalue weighted by atomic mass is 32.2. The van der Waals surface area contributed by atoms with Crippen molar-refractivity contribution in [2.45, 2.75) is 49.5 Å². The molecule has 3 fully saturated rings. The number of anilines is 1. The molecule has 184 valence electrons. The van der Waals surface area contributed by atoms with Crippen LogP contribution in [0, 0.1) is 5.41 Å². The molecule has 0 N–H and O–H groups in total. The Morgan fingerprint density at radius 3 is 2.59 bits per heavy atom. The van der Waals surface area contributed by atoms with Crippen LogP contribution < -0.4 is 4.90 Å². The Hall–Kier alpha value is -1.81. The minimum atomic E-state index is -3.66. The Morgan fingerprint density at radius 1 is 1.06 bits per heavy atom. The number of benzene rings is 1. The molecule has 0 bridgehead atoms. The maximum Gasteiger partial charge on any atom is 0.243 e. The number of fused-ring (bicyclic) bond motifs is 3. The number of rotatable bonds is 4. The van der Waals surface area contributed by atoms with Crippen LogP contribution in [0.4, 0.5) is 5.69 Å². The highest BCUT2D eigenvalue weighted by Crippen LogP contribution is 2.45. The fourth-order valence-electron chi connectivity index (χ4n) is 6.61. The van der Waals surface area contributed by atoms with E-state index in [9.17, 15) is 13.2 Å². The Bertz CT molecular complexity index is 1120. The van der Waals surface area contributed by atoms with Crippen LogP contribution in [0.1, 0.15) is 48.9 Å². The molecule has 0 radical (unpaired) electrons. The van der Waals surface area contributed by atoms with Gasteiger partial charge in [-0.3, -0.25) is 14.7 Å². The zero-order valence-corrected chi connectivity index (χ0v) is 20.9. The number of sulfonamides is 1. The van der Waals surface area contributed by atoms with E-state index in [0.29, 0.717) is 24.5 Å². The van der Waals surface area contributed by atoms with Crippen molar-refractivity contribution in [3.63, 3.8) is 0 Å². The van der Waals surface area contributed by atoms with Gasteiger partial charge in [0.15, 0.2) is 5.84 Å². The fourth-order valence-corrected chi connectivity index (χ4v) is 8.32. The minimum Gasteiger partial charge on any atom is -0.322 e. The van der Waals surface area contributed by atoms with Gasteiger partial charge in [-0.05, 0) is 50.9 Å². The van der Waals surface area contributed by atoms with Crippen molar-refractivity contribution >= 4 is 27.3 Å². The first-order chi connectivity index (χ1) is 16.4. The van der Waals surface area contributed by atoms with Crippen LogP contribution in [0.3, 0.4) is 0 Å². The number of hydrogen-bond donors (Lipinski definition) is 0. The van der Waals surface area contributed by atoms with Crippen molar-refractivity contribution in [3.05, 3.63) is 23.8 Å². The molecular formula is C25H35N5O3S. The lowest BCUT2D eigenvalue weighted by Gasteiger charge is -2.37. The van der Waals surface area contributed by atoms with Crippen LogP contribution in [0.2, 0.25) is 0 Å². The van der Waals surface area contributed by atoms with E-state index >= 15 is 0 Å². The first-order valence-electron chi connectivity index (χ1n) is 12.8. The molecule has 1 aliphatic carbocycles. The van der Waals surface area contributed by atoms with E-state index in [0.717, 1.165) is 70.6 Å². The highest BCUT2D eigenvalue weighted by molar-refractivity contribution is 7.89. The van der Waals surface area contributed by atoms with Crippen molar-refractivity contribution in [2.75, 3.05) is 64.3 Å². The summed E-state index contributed by atoms with van der Waals surface area (Å²) in [6.07, 6.45) is 6.53. The smallest absolute Gasteiger partial charge is 0.243 e. The quantitative estimate of drug-likeness (QED) is 0.650. The maximum absolute atomic E-state index is 13.7. The monoisotopic (exact) mass is 485 g/mol. The molecule has 4 aliphatic heterocycles. The first kappa shape index (κ1) is 22.6. The lowest BCUT2D eigenvalue weighted by molar-refractivity contribution is 0.106. The first-order valence-corrected chi connectivity index (χ1v) is 14.2. The normalized spacial score (nSPS) is 27.9. The van der Waals surface area contributed by atoms with Crippen molar-refractivity contribution in [1.29, 1.82) is 0 Å². The van der Waals surface area contributed by atoms with E-state index in [2.05, 4.69) is 21.7 Å². The molecule has 1 saturated carbocycles. The number of amidine groups is 1. The third-order valence-corrected chi connectivity index (χ3v) is 10.6. The van der Waals surface area contributed by atoms with Gasteiger partial charge in [0.25, 0.3) is 0 Å². The highest BCUT2D eigenvalue weighted by Gasteiger charge is 2.46. The summed E-state index contributed by atoms with van der Waals surface area (Å²) >= 11 is 0. The SMILES string of the molecule is CN1CCN(C[C@@H]2CCCN2S(=O)(=O)c2ccc3c(c2)C(=O)C2=NCC4(CCCC4)CN23)CC1. The summed E-state index contributed by atoms with van der Waals surface area (Å²) in [7, 11) is -1.53. The number of piperazine rings is 1. The summed E-state index contributed by atoms with van der Waals surface area (Å²) in [6, 6.07) is 5.14. The lowest BCUT2D eigenvalue weighted by atomic mass is 9.84. The van der Waals surface area contributed by atoms with Gasteiger partial charge in [0.2, 0.25) is 15.8 Å². The molecule has 4 heterocycles. The third kappa shape index (κ3) is 3.72. The molecule has 2 saturated heterocycles. The van der Waals surface area contributed by atoms with Crippen molar-refractivity contribution in [2.24, 2.45) is 10.4 Å². The lowest BCUT2D eigenvalue weighted by Crippen LogP contribution is -2.50. The Morgan fingerprint density at radius 2 is 1.82 bits per heavy atom. The van der Waals surface area contributed by atoms with E-state index in [1.807, 2.05) is 6.07 Å². The van der Waals surface area contributed by atoms with E-state index in [4.69, 9.17) is 4.99 Å². The van der Waals surface area contributed by atoms with Gasteiger partial charge in [0.05, 0.1) is 16.1 Å². The second kappa shape index (κ2) is 8.40. The maximum atomic E-state index is 13.7. The molecule has 1 spiro atoms. The van der Waals surface area contributed by atoms with Gasteiger partial charge in [0.1, 0.15) is 0 Å². The van der Waals surface area contributed by atoms with Gasteiger partial charge < -0.3 is 9.80 Å². The van der Waals surface area contributed by atoms with Crippen LogP contribution in [0.5, 0.6) is 0 Å². The molecule has 5 aliphatic rings. The fraction of sp³-hybridized carbons (Fsp3) is 0.680. The predicted molar refractivity (Wildman–Crippen MR) is 132 cm³/mol. The standard InChI is InChI=1S/C25H35N5O3S/c1-27-11-13-28(14-12-27)16-19-5-4-10-30(19)34(32,33)20-6-7-22-21(15-20)23(31)24-26-17-25(18-29(22)24)8-2-3-9-25/h6-7,15,19H,2-5,8-14,16-18H2,1H3/t19-/m0/s1. The van der Waals surface area contributed by atoms with Gasteiger partial charge >= 0.3 is 0 Å². The number of Topliss-reactive ketones (excluding diaryl/α,β-unsaturated/α-hetero) is 1. The number of likely N-dealkylation sites (N-methyl/N-ethyl adjacent to an activating group) is 1. The molecule has 0 amide bonds. The van der Waals surface area contributed by atoms with Crippen LogP contribution in [0.25, 0.3) is 0 Å². The molecular weight excluding hydrogens is 450 g/mol. The molecule has 0 unspecified atom stereocenters. The second-order valence-corrected chi connectivity index (χ2v) is 12.8. The van der Waals surface area contributed by atoms with Crippen LogP contribution in [-0.2, 0) is 10.0 Å². The van der Waals surface area contributed by atoms with Gasteiger partial charge in [-0.15, -0.1) is 0 Å². The average molecular weight is 486 g/mol. The Balaban J connectivity index is 1.24. The van der Waals surface area contributed by atoms with E-state index in [1.54, 1.807) is 16.4 Å². The molecule has 1 aromatic carbocycles. The van der Waals surface area contributed by atoms with E-state index in [1.165, 1.54) is 12.8 Å². The second-order valence-electron chi connectivity index (χ2n) is 11.0. The summed E-state index contributed by atoms with van der Waals surface area (Å²) in [5.74, 6) is 0.367. The summed E-state index contributed by atoms with van der Waals surface area (Å²) in [6.45, 7) is 6.86. The van der Waals surface area contributed by atoms with Gasteiger partial charge in [-0.25, -0.2) is 8.42 Å². The van der Waals surface area contributed by atoms with Crippen LogP contribution >= 0.6 is 0 Å².